The van der Waals surface area contributed by atoms with Crippen molar-refractivity contribution in [1.29, 1.82) is 0 Å². The fraction of sp³-hybridized carbons (Fsp3) is 0.381. The van der Waals surface area contributed by atoms with Crippen molar-refractivity contribution in [2.24, 2.45) is 0 Å². The molecular formula is C21H27NO6S. The maximum absolute atomic E-state index is 12.2. The second-order valence-corrected chi connectivity index (χ2v) is 8.68. The molecule has 1 N–H and O–H groups in total. The van der Waals surface area contributed by atoms with E-state index in [0.29, 0.717) is 35.7 Å². The first-order valence-electron chi connectivity index (χ1n) is 9.18. The molecule has 0 fully saturated rings. The van der Waals surface area contributed by atoms with E-state index in [4.69, 9.17) is 14.2 Å². The van der Waals surface area contributed by atoms with Gasteiger partial charge in [-0.25, -0.2) is 8.42 Å². The predicted octanol–water partition coefficient (Wildman–Crippen LogP) is 2.38. The summed E-state index contributed by atoms with van der Waals surface area (Å²) < 4.78 is 40.2. The lowest BCUT2D eigenvalue weighted by atomic mass is 10.1. The highest BCUT2D eigenvalue weighted by atomic mass is 32.2. The molecule has 0 saturated heterocycles. The first kappa shape index (κ1) is 22.5. The zero-order chi connectivity index (χ0) is 21.3. The number of amides is 1. The average Bonchev–Trinajstić information content (AvgIpc) is 2.71. The van der Waals surface area contributed by atoms with Crippen LogP contribution in [0.4, 0.5) is 0 Å². The van der Waals surface area contributed by atoms with E-state index in [1.165, 1.54) is 21.3 Å². The fourth-order valence-corrected chi connectivity index (χ4v) is 4.13. The highest BCUT2D eigenvalue weighted by molar-refractivity contribution is 7.92. The zero-order valence-electron chi connectivity index (χ0n) is 16.9. The smallest absolute Gasteiger partial charge is 0.235 e. The van der Waals surface area contributed by atoms with Gasteiger partial charge in [0.15, 0.2) is 21.3 Å². The third kappa shape index (κ3) is 6.98. The van der Waals surface area contributed by atoms with Crippen LogP contribution in [0.1, 0.15) is 17.5 Å². The minimum Gasteiger partial charge on any atom is -0.493 e. The summed E-state index contributed by atoms with van der Waals surface area (Å²) in [5.74, 6) is 0.268. The Morgan fingerprint density at radius 3 is 2.10 bits per heavy atom. The Labute approximate surface area is 171 Å². The van der Waals surface area contributed by atoms with Crippen molar-refractivity contribution in [3.05, 3.63) is 53.6 Å². The Bertz CT molecular complexity index is 887. The van der Waals surface area contributed by atoms with Gasteiger partial charge in [0.1, 0.15) is 5.75 Å². The summed E-state index contributed by atoms with van der Waals surface area (Å²) in [4.78, 5) is 12.1. The number of ether oxygens (including phenoxy) is 3. The predicted molar refractivity (Wildman–Crippen MR) is 111 cm³/mol. The molecule has 2 aromatic rings. The molecule has 0 atom stereocenters. The summed E-state index contributed by atoms with van der Waals surface area (Å²) >= 11 is 0. The van der Waals surface area contributed by atoms with Gasteiger partial charge in [-0.2, -0.15) is 0 Å². The minimum atomic E-state index is -3.47. The number of aryl methyl sites for hydroxylation is 1. The third-order valence-corrected chi connectivity index (χ3v) is 5.94. The average molecular weight is 422 g/mol. The molecule has 0 aromatic heterocycles. The molecule has 0 spiro atoms. The maximum atomic E-state index is 12.2. The van der Waals surface area contributed by atoms with Crippen molar-refractivity contribution in [2.75, 3.05) is 32.8 Å². The van der Waals surface area contributed by atoms with Gasteiger partial charge in [-0.05, 0) is 36.1 Å². The minimum absolute atomic E-state index is 0.0283. The third-order valence-electron chi connectivity index (χ3n) is 4.33. The number of rotatable bonds is 11. The topological polar surface area (TPSA) is 90.9 Å². The molecule has 0 aliphatic rings. The molecule has 7 nitrogen and oxygen atoms in total. The number of nitrogens with one attached hydrogen (secondary N) is 1. The van der Waals surface area contributed by atoms with E-state index in [0.717, 1.165) is 5.56 Å². The number of hydrogen-bond acceptors (Lipinski definition) is 6. The first-order chi connectivity index (χ1) is 13.9. The van der Waals surface area contributed by atoms with Gasteiger partial charge in [-0.3, -0.25) is 4.79 Å². The summed E-state index contributed by atoms with van der Waals surface area (Å²) in [6.45, 7) is 0.148. The normalized spacial score (nSPS) is 11.0. The molecule has 0 bridgehead atoms. The van der Waals surface area contributed by atoms with E-state index in [-0.39, 0.29) is 12.3 Å². The molecule has 1 amide bonds. The van der Waals surface area contributed by atoms with Gasteiger partial charge in [0, 0.05) is 6.54 Å². The lowest BCUT2D eigenvalue weighted by molar-refractivity contribution is -0.118. The van der Waals surface area contributed by atoms with Crippen molar-refractivity contribution >= 4 is 15.7 Å². The van der Waals surface area contributed by atoms with Crippen molar-refractivity contribution in [3.63, 3.8) is 0 Å². The van der Waals surface area contributed by atoms with E-state index < -0.39 is 21.5 Å². The Kier molecular flexibility index (Phi) is 8.33. The van der Waals surface area contributed by atoms with E-state index >= 15 is 0 Å². The van der Waals surface area contributed by atoms with E-state index in [1.807, 2.05) is 30.3 Å². The van der Waals surface area contributed by atoms with E-state index in [9.17, 15) is 13.2 Å². The van der Waals surface area contributed by atoms with Crippen molar-refractivity contribution in [2.45, 2.75) is 19.4 Å². The monoisotopic (exact) mass is 421 g/mol. The summed E-state index contributed by atoms with van der Waals surface area (Å²) in [5.41, 5.74) is 1.78. The number of carbonyl (C=O) groups is 1. The highest BCUT2D eigenvalue weighted by Gasteiger charge is 2.17. The quantitative estimate of drug-likeness (QED) is 0.599. The number of carbonyl (C=O) groups excluding carboxylic acids is 1. The van der Waals surface area contributed by atoms with Crippen LogP contribution in [0, 0.1) is 0 Å². The maximum Gasteiger partial charge on any atom is 0.235 e. The number of sulfone groups is 1. The van der Waals surface area contributed by atoms with Crippen molar-refractivity contribution < 1.29 is 27.4 Å². The second-order valence-electron chi connectivity index (χ2n) is 6.49. The molecule has 0 radical (unpaired) electrons. The Balaban J connectivity index is 1.88. The molecule has 2 rings (SSSR count). The molecule has 0 unspecified atom stereocenters. The van der Waals surface area contributed by atoms with Crippen LogP contribution in [0.25, 0.3) is 0 Å². The van der Waals surface area contributed by atoms with Crippen LogP contribution in [-0.2, 0) is 27.6 Å². The van der Waals surface area contributed by atoms with Gasteiger partial charge < -0.3 is 19.5 Å². The molecule has 2 aromatic carbocycles. The Morgan fingerprint density at radius 2 is 1.55 bits per heavy atom. The van der Waals surface area contributed by atoms with E-state index in [2.05, 4.69) is 5.32 Å². The van der Waals surface area contributed by atoms with Crippen LogP contribution < -0.4 is 19.5 Å². The van der Waals surface area contributed by atoms with Crippen LogP contribution in [0.2, 0.25) is 0 Å². The number of benzene rings is 2. The van der Waals surface area contributed by atoms with Crippen LogP contribution >= 0.6 is 0 Å². The van der Waals surface area contributed by atoms with Crippen molar-refractivity contribution in [3.8, 4) is 17.2 Å². The lowest BCUT2D eigenvalue weighted by Crippen LogP contribution is -2.31. The Morgan fingerprint density at radius 1 is 0.931 bits per heavy atom. The molecular weight excluding hydrogens is 394 g/mol. The zero-order valence-corrected chi connectivity index (χ0v) is 17.8. The molecule has 0 aliphatic heterocycles. The second kappa shape index (κ2) is 10.7. The van der Waals surface area contributed by atoms with Crippen LogP contribution in [0.15, 0.2) is 42.5 Å². The molecule has 29 heavy (non-hydrogen) atoms. The van der Waals surface area contributed by atoms with Crippen LogP contribution in [0.5, 0.6) is 17.2 Å². The van der Waals surface area contributed by atoms with Crippen LogP contribution in [0.3, 0.4) is 0 Å². The fourth-order valence-electron chi connectivity index (χ4n) is 2.90. The van der Waals surface area contributed by atoms with Gasteiger partial charge >= 0.3 is 0 Å². The number of methoxy groups -OCH3 is 3. The van der Waals surface area contributed by atoms with Gasteiger partial charge in [0.05, 0.1) is 27.1 Å². The van der Waals surface area contributed by atoms with Gasteiger partial charge in [0.2, 0.25) is 11.7 Å². The largest absolute Gasteiger partial charge is 0.493 e. The molecule has 158 valence electrons. The summed E-state index contributed by atoms with van der Waals surface area (Å²) in [5, 5.41) is 2.63. The van der Waals surface area contributed by atoms with Gasteiger partial charge in [-0.15, -0.1) is 0 Å². The highest BCUT2D eigenvalue weighted by Crippen LogP contribution is 2.38. The summed E-state index contributed by atoms with van der Waals surface area (Å²) in [6.07, 6.45) is 1.14. The standard InChI is InChI=1S/C21H27NO6S/c1-26-18-12-17(13-19(27-2)21(18)28-3)14-22-20(23)15-29(24,25)11-7-10-16-8-5-4-6-9-16/h4-6,8-9,12-13H,7,10-11,14-15H2,1-3H3,(H,22,23). The van der Waals surface area contributed by atoms with Gasteiger partial charge in [-0.1, -0.05) is 30.3 Å². The first-order valence-corrected chi connectivity index (χ1v) is 11.0. The SMILES string of the molecule is COc1cc(CNC(=O)CS(=O)(=O)CCCc2ccccc2)cc(OC)c1OC. The molecule has 0 aliphatic carbocycles. The molecule has 0 saturated carbocycles. The van der Waals surface area contributed by atoms with Crippen LogP contribution in [-0.4, -0.2) is 47.2 Å². The lowest BCUT2D eigenvalue weighted by Gasteiger charge is -2.14. The van der Waals surface area contributed by atoms with E-state index in [1.54, 1.807) is 12.1 Å². The molecule has 0 heterocycles. The summed E-state index contributed by atoms with van der Waals surface area (Å²) in [6, 6.07) is 13.1. The summed E-state index contributed by atoms with van der Waals surface area (Å²) in [7, 11) is 1.03. The van der Waals surface area contributed by atoms with Crippen molar-refractivity contribution in [1.82, 2.24) is 5.32 Å². The number of hydrogen-bond donors (Lipinski definition) is 1. The molecule has 8 heteroatoms. The Hall–Kier alpha value is -2.74. The van der Waals surface area contributed by atoms with Gasteiger partial charge in [0.25, 0.3) is 0 Å².